The number of hydrogen-bond acceptors (Lipinski definition) is 4. The third kappa shape index (κ3) is 9.12. The zero-order valence-corrected chi connectivity index (χ0v) is 9.86. The van der Waals surface area contributed by atoms with Crippen molar-refractivity contribution in [3.8, 4) is 0 Å². The number of nitrogens with zero attached hydrogens (tertiary/aromatic N) is 1. The van der Waals surface area contributed by atoms with Gasteiger partial charge in [0, 0.05) is 27.2 Å². The van der Waals surface area contributed by atoms with Crippen molar-refractivity contribution in [3.63, 3.8) is 0 Å². The Labute approximate surface area is 98.9 Å². The number of urea groups is 1. The average molecular weight is 247 g/mol. The van der Waals surface area contributed by atoms with Crippen LogP contribution in [0.15, 0.2) is 0 Å². The number of carbonyl (C=O) groups is 3. The zero-order chi connectivity index (χ0) is 13.3. The van der Waals surface area contributed by atoms with Crippen LogP contribution in [0.1, 0.15) is 0 Å². The van der Waals surface area contributed by atoms with Crippen molar-refractivity contribution < 1.29 is 24.2 Å². The molecule has 0 heterocycles. The molecule has 3 amide bonds. The summed E-state index contributed by atoms with van der Waals surface area (Å²) in [5.74, 6) is -1.55. The van der Waals surface area contributed by atoms with Crippen LogP contribution in [-0.4, -0.2) is 68.3 Å². The highest BCUT2D eigenvalue weighted by Gasteiger charge is 2.04. The molecule has 17 heavy (non-hydrogen) atoms. The molecule has 0 saturated carbocycles. The van der Waals surface area contributed by atoms with Gasteiger partial charge in [-0.2, -0.15) is 0 Å². The summed E-state index contributed by atoms with van der Waals surface area (Å²) >= 11 is 0. The maximum Gasteiger partial charge on any atom is 0.329 e. The molecule has 0 spiro atoms. The van der Waals surface area contributed by atoms with Gasteiger partial charge in [0.05, 0.1) is 0 Å². The van der Waals surface area contributed by atoms with Crippen molar-refractivity contribution in [3.05, 3.63) is 0 Å². The van der Waals surface area contributed by atoms with E-state index >= 15 is 0 Å². The van der Waals surface area contributed by atoms with Gasteiger partial charge in [-0.3, -0.25) is 4.79 Å². The second kappa shape index (κ2) is 8.34. The molecule has 0 aliphatic carbocycles. The molecule has 0 saturated heterocycles. The predicted molar refractivity (Wildman–Crippen MR) is 58.6 cm³/mol. The third-order valence-corrected chi connectivity index (χ3v) is 1.59. The molecule has 0 atom stereocenters. The van der Waals surface area contributed by atoms with E-state index in [0.717, 1.165) is 0 Å². The van der Waals surface area contributed by atoms with E-state index in [1.807, 2.05) is 0 Å². The molecule has 3 N–H and O–H groups in total. The van der Waals surface area contributed by atoms with Crippen LogP contribution >= 0.6 is 0 Å². The van der Waals surface area contributed by atoms with Crippen LogP contribution in [0.25, 0.3) is 0 Å². The third-order valence-electron chi connectivity index (χ3n) is 1.59. The van der Waals surface area contributed by atoms with Gasteiger partial charge < -0.3 is 25.4 Å². The maximum atomic E-state index is 11.1. The topological polar surface area (TPSA) is 108 Å². The summed E-state index contributed by atoms with van der Waals surface area (Å²) in [6, 6.07) is -0.249. The van der Waals surface area contributed by atoms with E-state index < -0.39 is 18.5 Å². The first kappa shape index (κ1) is 15.2. The Morgan fingerprint density at radius 2 is 1.71 bits per heavy atom. The normalized spacial score (nSPS) is 9.53. The number of nitrogens with one attached hydrogen (secondary N) is 2. The molecule has 98 valence electrons. The van der Waals surface area contributed by atoms with Crippen LogP contribution in [0.3, 0.4) is 0 Å². The van der Waals surface area contributed by atoms with Crippen LogP contribution in [0.2, 0.25) is 0 Å². The quantitative estimate of drug-likeness (QED) is 0.473. The van der Waals surface area contributed by atoms with E-state index in [9.17, 15) is 14.4 Å². The van der Waals surface area contributed by atoms with Crippen LogP contribution < -0.4 is 10.6 Å². The van der Waals surface area contributed by atoms with Gasteiger partial charge in [-0.25, -0.2) is 9.59 Å². The predicted octanol–water partition coefficient (Wildman–Crippen LogP) is -1.52. The molecule has 8 nitrogen and oxygen atoms in total. The smallest absolute Gasteiger partial charge is 0.329 e. The summed E-state index contributed by atoms with van der Waals surface area (Å²) < 4.78 is 4.57. The van der Waals surface area contributed by atoms with Crippen LogP contribution in [0.4, 0.5) is 4.79 Å². The molecule has 0 fully saturated rings. The molecule has 0 aromatic carbocycles. The van der Waals surface area contributed by atoms with Gasteiger partial charge in [-0.05, 0) is 0 Å². The lowest BCUT2D eigenvalue weighted by Crippen LogP contribution is -2.40. The van der Waals surface area contributed by atoms with Gasteiger partial charge in [0.15, 0.2) is 0 Å². The van der Waals surface area contributed by atoms with Gasteiger partial charge >= 0.3 is 12.0 Å². The Morgan fingerprint density at radius 3 is 2.24 bits per heavy atom. The fraction of sp³-hybridized carbons (Fsp3) is 0.667. The molecule has 0 unspecified atom stereocenters. The van der Waals surface area contributed by atoms with E-state index in [-0.39, 0.29) is 19.2 Å². The minimum Gasteiger partial charge on any atom is -0.480 e. The summed E-state index contributed by atoms with van der Waals surface area (Å²) in [6.07, 6.45) is 0. The van der Waals surface area contributed by atoms with Gasteiger partial charge in [-0.1, -0.05) is 0 Å². The summed E-state index contributed by atoms with van der Waals surface area (Å²) in [5.41, 5.74) is 0. The number of amides is 3. The minimum absolute atomic E-state index is 0.249. The monoisotopic (exact) mass is 247 g/mol. The van der Waals surface area contributed by atoms with Gasteiger partial charge in [0.1, 0.15) is 13.2 Å². The standard InChI is InChI=1S/C9H17N3O5/c1-12(2)9(16)11-4-3-10-7(13)5-17-6-8(14)15/h3-6H2,1-2H3,(H,10,13)(H,11,16)(H,14,15). The Morgan fingerprint density at radius 1 is 1.12 bits per heavy atom. The molecule has 8 heteroatoms. The van der Waals surface area contributed by atoms with Crippen molar-refractivity contribution >= 4 is 17.9 Å². The molecule has 0 radical (unpaired) electrons. The molecular formula is C9H17N3O5. The second-order valence-electron chi connectivity index (χ2n) is 3.36. The fourth-order valence-electron chi connectivity index (χ4n) is 0.812. The van der Waals surface area contributed by atoms with Crippen molar-refractivity contribution in [2.75, 3.05) is 40.4 Å². The van der Waals surface area contributed by atoms with Gasteiger partial charge in [0.2, 0.25) is 5.91 Å². The first-order valence-electron chi connectivity index (χ1n) is 4.95. The lowest BCUT2D eigenvalue weighted by molar-refractivity contribution is -0.143. The van der Waals surface area contributed by atoms with Gasteiger partial charge in [0.25, 0.3) is 0 Å². The molecule has 0 rings (SSSR count). The van der Waals surface area contributed by atoms with Crippen molar-refractivity contribution in [2.45, 2.75) is 0 Å². The molecule has 0 aliphatic rings. The molecule has 0 bridgehead atoms. The van der Waals surface area contributed by atoms with Crippen LogP contribution in [0, 0.1) is 0 Å². The Bertz CT molecular complexity index is 280. The summed E-state index contributed by atoms with van der Waals surface area (Å²) in [4.78, 5) is 33.5. The molecule has 0 aromatic rings. The largest absolute Gasteiger partial charge is 0.480 e. The molecular weight excluding hydrogens is 230 g/mol. The fourth-order valence-corrected chi connectivity index (χ4v) is 0.812. The highest BCUT2D eigenvalue weighted by Crippen LogP contribution is 1.77. The lowest BCUT2D eigenvalue weighted by Gasteiger charge is -2.12. The number of rotatable bonds is 7. The zero-order valence-electron chi connectivity index (χ0n) is 9.86. The average Bonchev–Trinajstić information content (AvgIpc) is 2.23. The van der Waals surface area contributed by atoms with Crippen molar-refractivity contribution in [1.82, 2.24) is 15.5 Å². The van der Waals surface area contributed by atoms with E-state index in [1.165, 1.54) is 4.90 Å². The number of carboxylic acids is 1. The SMILES string of the molecule is CN(C)C(=O)NCCNC(=O)COCC(=O)O. The van der Waals surface area contributed by atoms with Crippen molar-refractivity contribution in [1.29, 1.82) is 0 Å². The minimum atomic E-state index is -1.13. The van der Waals surface area contributed by atoms with Crippen molar-refractivity contribution in [2.24, 2.45) is 0 Å². The summed E-state index contributed by atoms with van der Waals surface area (Å²) in [7, 11) is 3.21. The number of carbonyl (C=O) groups excluding carboxylic acids is 2. The number of aliphatic carboxylic acids is 1. The first-order valence-corrected chi connectivity index (χ1v) is 4.95. The highest BCUT2D eigenvalue weighted by molar-refractivity contribution is 5.78. The summed E-state index contributed by atoms with van der Waals surface area (Å²) in [6.45, 7) is -0.269. The Hall–Kier alpha value is -1.83. The molecule has 0 aromatic heterocycles. The Balaban J connectivity index is 3.45. The second-order valence-corrected chi connectivity index (χ2v) is 3.36. The highest BCUT2D eigenvalue weighted by atomic mass is 16.5. The maximum absolute atomic E-state index is 11.1. The Kier molecular flexibility index (Phi) is 7.44. The van der Waals surface area contributed by atoms with Gasteiger partial charge in [-0.15, -0.1) is 0 Å². The molecule has 0 aliphatic heterocycles. The van der Waals surface area contributed by atoms with E-state index in [0.29, 0.717) is 6.54 Å². The lowest BCUT2D eigenvalue weighted by atomic mass is 10.5. The van der Waals surface area contributed by atoms with Crippen LogP contribution in [-0.2, 0) is 14.3 Å². The first-order chi connectivity index (χ1) is 7.93. The van der Waals surface area contributed by atoms with E-state index in [2.05, 4.69) is 15.4 Å². The number of hydrogen-bond donors (Lipinski definition) is 3. The van der Waals surface area contributed by atoms with E-state index in [4.69, 9.17) is 5.11 Å². The van der Waals surface area contributed by atoms with Crippen LogP contribution in [0.5, 0.6) is 0 Å². The number of carboxylic acid groups (broad SMARTS) is 1. The number of ether oxygens (including phenoxy) is 1. The summed E-state index contributed by atoms with van der Waals surface area (Å²) in [5, 5.41) is 13.3. The van der Waals surface area contributed by atoms with E-state index in [1.54, 1.807) is 14.1 Å².